The topological polar surface area (TPSA) is 101 Å². The van der Waals surface area contributed by atoms with Crippen LogP contribution in [0.15, 0.2) is 53.4 Å². The fraction of sp³-hybridized carbons (Fsp3) is 0.0714. The van der Waals surface area contributed by atoms with Crippen molar-refractivity contribution in [3.8, 4) is 0 Å². The van der Waals surface area contributed by atoms with Crippen molar-refractivity contribution in [1.82, 2.24) is 5.43 Å². The summed E-state index contributed by atoms with van der Waals surface area (Å²) in [5.41, 5.74) is 3.43. The van der Waals surface area contributed by atoms with E-state index in [4.69, 9.17) is 5.84 Å². The molecule has 2 aromatic carbocycles. The van der Waals surface area contributed by atoms with E-state index in [1.54, 1.807) is 25.1 Å². The van der Waals surface area contributed by atoms with Gasteiger partial charge in [-0.3, -0.25) is 14.9 Å². The number of sulfonamides is 1. The lowest BCUT2D eigenvalue weighted by molar-refractivity contribution is 0.0953. The molecule has 0 unspecified atom stereocenters. The molecule has 0 aliphatic rings. The standard InChI is InChI=1S/C14H15N3O3S/c1-10-5-2-3-8-13(10)17-21(19,20)12-7-4-6-11(9-12)14(18)16-15/h2-9,17H,15H2,1H3,(H,16,18). The summed E-state index contributed by atoms with van der Waals surface area (Å²) in [6.07, 6.45) is 0. The molecule has 0 spiro atoms. The second kappa shape index (κ2) is 5.94. The average Bonchev–Trinajstić information content (AvgIpc) is 2.49. The van der Waals surface area contributed by atoms with Crippen molar-refractivity contribution < 1.29 is 13.2 Å². The van der Waals surface area contributed by atoms with Gasteiger partial charge in [0.15, 0.2) is 0 Å². The summed E-state index contributed by atoms with van der Waals surface area (Å²) in [4.78, 5) is 11.4. The number of nitrogen functional groups attached to an aromatic ring is 1. The Kier molecular flexibility index (Phi) is 4.25. The summed E-state index contributed by atoms with van der Waals surface area (Å²) in [6.45, 7) is 1.80. The molecular weight excluding hydrogens is 290 g/mol. The fourth-order valence-electron chi connectivity index (χ4n) is 1.78. The molecule has 21 heavy (non-hydrogen) atoms. The third kappa shape index (κ3) is 3.39. The van der Waals surface area contributed by atoms with Crippen molar-refractivity contribution in [1.29, 1.82) is 0 Å². The van der Waals surface area contributed by atoms with Crippen LogP contribution in [0, 0.1) is 6.92 Å². The molecule has 0 heterocycles. The molecule has 110 valence electrons. The number of hydrogen-bond acceptors (Lipinski definition) is 4. The first kappa shape index (κ1) is 15.0. The SMILES string of the molecule is Cc1ccccc1NS(=O)(=O)c1cccc(C(=O)NN)c1. The van der Waals surface area contributed by atoms with Crippen LogP contribution in [-0.2, 0) is 10.0 Å². The summed E-state index contributed by atoms with van der Waals surface area (Å²) in [7, 11) is -3.77. The Balaban J connectivity index is 2.36. The molecule has 0 aliphatic carbocycles. The Morgan fingerprint density at radius 2 is 1.81 bits per heavy atom. The molecule has 0 aromatic heterocycles. The van der Waals surface area contributed by atoms with E-state index in [2.05, 4.69) is 4.72 Å². The van der Waals surface area contributed by atoms with Gasteiger partial charge in [0.05, 0.1) is 10.6 Å². The van der Waals surface area contributed by atoms with E-state index in [0.29, 0.717) is 5.69 Å². The summed E-state index contributed by atoms with van der Waals surface area (Å²) in [6, 6.07) is 12.7. The largest absolute Gasteiger partial charge is 0.290 e. The molecule has 4 N–H and O–H groups in total. The summed E-state index contributed by atoms with van der Waals surface area (Å²) in [5, 5.41) is 0. The third-order valence-electron chi connectivity index (χ3n) is 2.93. The van der Waals surface area contributed by atoms with E-state index in [-0.39, 0.29) is 10.5 Å². The van der Waals surface area contributed by atoms with Crippen LogP contribution in [0.25, 0.3) is 0 Å². The zero-order valence-electron chi connectivity index (χ0n) is 11.3. The number of carbonyl (C=O) groups excluding carboxylic acids is 1. The van der Waals surface area contributed by atoms with E-state index >= 15 is 0 Å². The minimum atomic E-state index is -3.77. The first-order chi connectivity index (χ1) is 9.94. The lowest BCUT2D eigenvalue weighted by Gasteiger charge is -2.11. The van der Waals surface area contributed by atoms with Crippen LogP contribution in [0.1, 0.15) is 15.9 Å². The highest BCUT2D eigenvalue weighted by atomic mass is 32.2. The second-order valence-electron chi connectivity index (χ2n) is 4.42. The molecule has 0 bridgehead atoms. The number of para-hydroxylation sites is 1. The molecule has 0 saturated heterocycles. The number of hydrogen-bond donors (Lipinski definition) is 3. The van der Waals surface area contributed by atoms with E-state index in [0.717, 1.165) is 5.56 Å². The number of rotatable bonds is 4. The van der Waals surface area contributed by atoms with Crippen molar-refractivity contribution in [2.45, 2.75) is 11.8 Å². The summed E-state index contributed by atoms with van der Waals surface area (Å²) >= 11 is 0. The van der Waals surface area contributed by atoms with Crippen LogP contribution in [0.3, 0.4) is 0 Å². The zero-order valence-corrected chi connectivity index (χ0v) is 12.1. The number of nitrogens with two attached hydrogens (primary N) is 1. The van der Waals surface area contributed by atoms with Crippen LogP contribution in [-0.4, -0.2) is 14.3 Å². The van der Waals surface area contributed by atoms with E-state index in [9.17, 15) is 13.2 Å². The van der Waals surface area contributed by atoms with Crippen LogP contribution < -0.4 is 16.0 Å². The van der Waals surface area contributed by atoms with Gasteiger partial charge in [0.2, 0.25) is 0 Å². The summed E-state index contributed by atoms with van der Waals surface area (Å²) in [5.74, 6) is 4.49. The second-order valence-corrected chi connectivity index (χ2v) is 6.10. The van der Waals surface area contributed by atoms with E-state index < -0.39 is 15.9 Å². The molecule has 0 saturated carbocycles. The predicted octanol–water partition coefficient (Wildman–Crippen LogP) is 1.40. The van der Waals surface area contributed by atoms with Gasteiger partial charge < -0.3 is 0 Å². The first-order valence-electron chi connectivity index (χ1n) is 6.13. The lowest BCUT2D eigenvalue weighted by Crippen LogP contribution is -2.30. The first-order valence-corrected chi connectivity index (χ1v) is 7.62. The molecule has 7 heteroatoms. The summed E-state index contributed by atoms with van der Waals surface area (Å²) < 4.78 is 27.2. The van der Waals surface area contributed by atoms with Crippen molar-refractivity contribution >= 4 is 21.6 Å². The normalized spacial score (nSPS) is 11.0. The lowest BCUT2D eigenvalue weighted by atomic mass is 10.2. The maximum Gasteiger partial charge on any atom is 0.265 e. The Hall–Kier alpha value is -2.38. The van der Waals surface area contributed by atoms with Gasteiger partial charge in [-0.05, 0) is 36.8 Å². The number of amides is 1. The Morgan fingerprint density at radius 3 is 2.48 bits per heavy atom. The van der Waals surface area contributed by atoms with Gasteiger partial charge in [0.1, 0.15) is 0 Å². The minimum Gasteiger partial charge on any atom is -0.290 e. The number of aryl methyl sites for hydroxylation is 1. The molecule has 1 amide bonds. The maximum atomic E-state index is 12.3. The molecule has 2 rings (SSSR count). The number of hydrazine groups is 1. The number of carbonyl (C=O) groups is 1. The highest BCUT2D eigenvalue weighted by molar-refractivity contribution is 7.92. The van der Waals surface area contributed by atoms with Gasteiger partial charge in [0, 0.05) is 5.56 Å². The average molecular weight is 305 g/mol. The van der Waals surface area contributed by atoms with Crippen molar-refractivity contribution in [3.63, 3.8) is 0 Å². The van der Waals surface area contributed by atoms with Crippen molar-refractivity contribution in [3.05, 3.63) is 59.7 Å². The maximum absolute atomic E-state index is 12.3. The molecule has 0 fully saturated rings. The Bertz CT molecular complexity index is 773. The van der Waals surface area contributed by atoms with Gasteiger partial charge in [-0.15, -0.1) is 0 Å². The van der Waals surface area contributed by atoms with Crippen LogP contribution >= 0.6 is 0 Å². The zero-order chi connectivity index (χ0) is 15.5. The predicted molar refractivity (Wildman–Crippen MR) is 80.1 cm³/mol. The quantitative estimate of drug-likeness (QED) is 0.451. The van der Waals surface area contributed by atoms with Crippen LogP contribution in [0.2, 0.25) is 0 Å². The highest BCUT2D eigenvalue weighted by Crippen LogP contribution is 2.19. The van der Waals surface area contributed by atoms with E-state index in [1.165, 1.54) is 24.3 Å². The van der Waals surface area contributed by atoms with Crippen molar-refractivity contribution in [2.75, 3.05) is 4.72 Å². The van der Waals surface area contributed by atoms with Gasteiger partial charge in [-0.1, -0.05) is 24.3 Å². The van der Waals surface area contributed by atoms with Gasteiger partial charge in [-0.25, -0.2) is 14.3 Å². The molecule has 0 aliphatic heterocycles. The number of nitrogens with one attached hydrogen (secondary N) is 2. The fourth-order valence-corrected chi connectivity index (χ4v) is 2.96. The van der Waals surface area contributed by atoms with Crippen molar-refractivity contribution in [2.24, 2.45) is 5.84 Å². The number of anilines is 1. The minimum absolute atomic E-state index is 0.00754. The molecule has 0 atom stereocenters. The Morgan fingerprint density at radius 1 is 1.10 bits per heavy atom. The molecular formula is C14H15N3O3S. The van der Waals surface area contributed by atoms with Crippen LogP contribution in [0.4, 0.5) is 5.69 Å². The molecule has 2 aromatic rings. The van der Waals surface area contributed by atoms with Gasteiger partial charge >= 0.3 is 0 Å². The molecule has 0 radical (unpaired) electrons. The molecule has 6 nitrogen and oxygen atoms in total. The highest BCUT2D eigenvalue weighted by Gasteiger charge is 2.16. The smallest absolute Gasteiger partial charge is 0.265 e. The van der Waals surface area contributed by atoms with Crippen LogP contribution in [0.5, 0.6) is 0 Å². The number of benzene rings is 2. The van der Waals surface area contributed by atoms with Gasteiger partial charge in [-0.2, -0.15) is 0 Å². The Labute approximate surface area is 123 Å². The monoisotopic (exact) mass is 305 g/mol. The van der Waals surface area contributed by atoms with E-state index in [1.807, 2.05) is 11.5 Å². The third-order valence-corrected chi connectivity index (χ3v) is 4.29. The van der Waals surface area contributed by atoms with Gasteiger partial charge in [0.25, 0.3) is 15.9 Å².